The molecule has 0 saturated carbocycles. The van der Waals surface area contributed by atoms with Gasteiger partial charge in [-0.25, -0.2) is 14.8 Å². The zero-order valence-corrected chi connectivity index (χ0v) is 15.9. The molecule has 0 aliphatic rings. The summed E-state index contributed by atoms with van der Waals surface area (Å²) in [5.41, 5.74) is 4.22. The number of nitrogens with zero attached hydrogens (tertiary/aromatic N) is 5. The van der Waals surface area contributed by atoms with Crippen molar-refractivity contribution in [3.8, 4) is 0 Å². The summed E-state index contributed by atoms with van der Waals surface area (Å²) in [6.45, 7) is 4.11. The van der Waals surface area contributed by atoms with Gasteiger partial charge in [0, 0.05) is 21.1 Å². The lowest BCUT2D eigenvalue weighted by Gasteiger charge is -2.03. The fourth-order valence-electron chi connectivity index (χ4n) is 2.97. The zero-order valence-electron chi connectivity index (χ0n) is 15.1. The zero-order chi connectivity index (χ0) is 18.7. The van der Waals surface area contributed by atoms with Crippen LogP contribution in [0.3, 0.4) is 0 Å². The summed E-state index contributed by atoms with van der Waals surface area (Å²) in [5, 5.41) is 1.27. The average Bonchev–Trinajstić information content (AvgIpc) is 3.12. The average molecular weight is 370 g/mol. The summed E-state index contributed by atoms with van der Waals surface area (Å²) < 4.78 is 4.17. The first-order valence-corrected chi connectivity index (χ1v) is 8.87. The minimum Gasteiger partial charge on any atom is -0.333 e. The summed E-state index contributed by atoms with van der Waals surface area (Å²) in [6.07, 6.45) is 0. The van der Waals surface area contributed by atoms with E-state index in [9.17, 15) is 9.59 Å². The molecule has 9 heteroatoms. The molecule has 0 aliphatic heterocycles. The molecule has 0 spiro atoms. The first kappa shape index (κ1) is 16.6. The Balaban J connectivity index is 1.87. The van der Waals surface area contributed by atoms with E-state index in [0.29, 0.717) is 21.5 Å². The van der Waals surface area contributed by atoms with Crippen molar-refractivity contribution in [1.82, 2.24) is 28.7 Å². The first-order valence-electron chi connectivity index (χ1n) is 8.05. The van der Waals surface area contributed by atoms with Crippen molar-refractivity contribution in [3.63, 3.8) is 0 Å². The van der Waals surface area contributed by atoms with Crippen LogP contribution in [0.1, 0.15) is 11.1 Å². The Bertz CT molecular complexity index is 1270. The van der Waals surface area contributed by atoms with Gasteiger partial charge in [0.1, 0.15) is 0 Å². The van der Waals surface area contributed by atoms with E-state index in [1.54, 1.807) is 18.7 Å². The predicted molar refractivity (Wildman–Crippen MR) is 101 cm³/mol. The number of rotatable bonds is 2. The number of aromatic nitrogens is 6. The van der Waals surface area contributed by atoms with Gasteiger partial charge in [0.15, 0.2) is 21.5 Å². The molecule has 8 nitrogen and oxygen atoms in total. The van der Waals surface area contributed by atoms with Gasteiger partial charge in [-0.05, 0) is 48.9 Å². The Hall–Kier alpha value is -2.81. The smallest absolute Gasteiger partial charge is 0.332 e. The Labute approximate surface area is 152 Å². The van der Waals surface area contributed by atoms with E-state index in [2.05, 4.69) is 34.9 Å². The van der Waals surface area contributed by atoms with Crippen LogP contribution in [0.25, 0.3) is 22.2 Å². The fourth-order valence-corrected chi connectivity index (χ4v) is 3.81. The van der Waals surface area contributed by atoms with Crippen molar-refractivity contribution >= 4 is 34.0 Å². The van der Waals surface area contributed by atoms with E-state index in [1.807, 2.05) is 6.07 Å². The largest absolute Gasteiger partial charge is 0.333 e. The van der Waals surface area contributed by atoms with Crippen LogP contribution in [0.4, 0.5) is 0 Å². The fraction of sp³-hybridized carbons (Fsp3) is 0.294. The number of nitrogens with one attached hydrogen (secondary N) is 1. The Kier molecular flexibility index (Phi) is 3.58. The number of aryl methyl sites for hydroxylation is 4. The van der Waals surface area contributed by atoms with Crippen LogP contribution in [0.5, 0.6) is 0 Å². The highest BCUT2D eigenvalue weighted by Crippen LogP contribution is 2.28. The maximum absolute atomic E-state index is 12.5. The molecule has 0 radical (unpaired) electrons. The highest BCUT2D eigenvalue weighted by Gasteiger charge is 2.18. The molecule has 3 aromatic heterocycles. The molecule has 0 unspecified atom stereocenters. The van der Waals surface area contributed by atoms with Gasteiger partial charge in [0.05, 0.1) is 11.0 Å². The third-order valence-electron chi connectivity index (χ3n) is 4.70. The molecule has 0 aliphatic carbocycles. The lowest BCUT2D eigenvalue weighted by Crippen LogP contribution is -2.37. The van der Waals surface area contributed by atoms with Gasteiger partial charge in [-0.1, -0.05) is 0 Å². The minimum absolute atomic E-state index is 0.360. The van der Waals surface area contributed by atoms with Crippen molar-refractivity contribution in [3.05, 3.63) is 44.1 Å². The molecule has 0 atom stereocenters. The van der Waals surface area contributed by atoms with E-state index in [-0.39, 0.29) is 5.56 Å². The summed E-state index contributed by atoms with van der Waals surface area (Å²) in [4.78, 5) is 37.0. The molecule has 4 rings (SSSR count). The maximum Gasteiger partial charge on any atom is 0.332 e. The van der Waals surface area contributed by atoms with E-state index in [1.165, 1.54) is 34.5 Å². The number of fused-ring (bicyclic) bond motifs is 2. The SMILES string of the molecule is Cc1cc2nc(Sc3nc4c(c(=O)n(C)c(=O)n4C)n3C)[nH]c2cc1C. The highest BCUT2D eigenvalue weighted by molar-refractivity contribution is 7.99. The molecule has 0 amide bonds. The topological polar surface area (TPSA) is 90.5 Å². The lowest BCUT2D eigenvalue weighted by molar-refractivity contribution is 0.705. The highest BCUT2D eigenvalue weighted by atomic mass is 32.2. The number of hydrogen-bond donors (Lipinski definition) is 1. The van der Waals surface area contributed by atoms with Crippen LogP contribution in [0.15, 0.2) is 32.0 Å². The predicted octanol–water partition coefficient (Wildman–Crippen LogP) is 1.62. The van der Waals surface area contributed by atoms with Gasteiger partial charge in [-0.2, -0.15) is 0 Å². The summed E-state index contributed by atoms with van der Waals surface area (Å²) in [7, 11) is 4.84. The van der Waals surface area contributed by atoms with Crippen molar-refractivity contribution in [1.29, 1.82) is 0 Å². The second-order valence-corrected chi connectivity index (χ2v) is 7.38. The Morgan fingerprint density at radius 1 is 0.962 bits per heavy atom. The molecule has 3 heterocycles. The lowest BCUT2D eigenvalue weighted by atomic mass is 10.1. The van der Waals surface area contributed by atoms with E-state index < -0.39 is 5.69 Å². The monoisotopic (exact) mass is 370 g/mol. The number of imidazole rings is 2. The molecule has 0 fully saturated rings. The molecule has 1 N–H and O–H groups in total. The van der Waals surface area contributed by atoms with E-state index >= 15 is 0 Å². The van der Waals surface area contributed by atoms with Crippen LogP contribution in [-0.4, -0.2) is 28.7 Å². The van der Waals surface area contributed by atoms with Crippen LogP contribution in [0, 0.1) is 13.8 Å². The van der Waals surface area contributed by atoms with Crippen molar-refractivity contribution in [2.24, 2.45) is 21.1 Å². The van der Waals surface area contributed by atoms with Crippen molar-refractivity contribution in [2.75, 3.05) is 0 Å². The van der Waals surface area contributed by atoms with Gasteiger partial charge >= 0.3 is 5.69 Å². The summed E-state index contributed by atoms with van der Waals surface area (Å²) in [6, 6.07) is 4.11. The molecule has 0 bridgehead atoms. The van der Waals surface area contributed by atoms with Crippen LogP contribution in [-0.2, 0) is 21.1 Å². The Morgan fingerprint density at radius 3 is 2.38 bits per heavy atom. The normalized spacial score (nSPS) is 11.7. The van der Waals surface area contributed by atoms with Gasteiger partial charge in [-0.15, -0.1) is 0 Å². The molecular weight excluding hydrogens is 352 g/mol. The molecule has 0 saturated heterocycles. The minimum atomic E-state index is -0.396. The van der Waals surface area contributed by atoms with Crippen LogP contribution in [0.2, 0.25) is 0 Å². The van der Waals surface area contributed by atoms with E-state index in [0.717, 1.165) is 15.6 Å². The quantitative estimate of drug-likeness (QED) is 0.579. The van der Waals surface area contributed by atoms with Gasteiger partial charge in [0.25, 0.3) is 5.56 Å². The third-order valence-corrected chi connectivity index (χ3v) is 5.63. The third kappa shape index (κ3) is 2.31. The molecule has 4 aromatic rings. The van der Waals surface area contributed by atoms with Crippen molar-refractivity contribution in [2.45, 2.75) is 24.2 Å². The first-order chi connectivity index (χ1) is 12.3. The maximum atomic E-state index is 12.5. The second kappa shape index (κ2) is 5.60. The Morgan fingerprint density at radius 2 is 1.65 bits per heavy atom. The summed E-state index contributed by atoms with van der Waals surface area (Å²) in [5.74, 6) is 0. The van der Waals surface area contributed by atoms with Gasteiger partial charge < -0.3 is 9.55 Å². The summed E-state index contributed by atoms with van der Waals surface area (Å²) >= 11 is 1.33. The van der Waals surface area contributed by atoms with E-state index in [4.69, 9.17) is 0 Å². The number of aromatic amines is 1. The van der Waals surface area contributed by atoms with Gasteiger partial charge in [0.2, 0.25) is 0 Å². The molecule has 1 aromatic carbocycles. The second-order valence-electron chi connectivity index (χ2n) is 6.43. The van der Waals surface area contributed by atoms with Crippen molar-refractivity contribution < 1.29 is 0 Å². The van der Waals surface area contributed by atoms with Crippen LogP contribution >= 0.6 is 11.8 Å². The molecule has 26 heavy (non-hydrogen) atoms. The number of hydrogen-bond acceptors (Lipinski definition) is 5. The van der Waals surface area contributed by atoms with Crippen LogP contribution < -0.4 is 11.2 Å². The number of H-pyrrole nitrogens is 1. The standard InChI is InChI=1S/C17H18N6O2S/c1-8-6-10-11(7-9(8)2)19-15(18-10)26-16-20-13-12(21(16)3)14(24)23(5)17(25)22(13)4/h6-7H,1-5H3,(H,18,19). The molecular formula is C17H18N6O2S. The van der Waals surface area contributed by atoms with Gasteiger partial charge in [-0.3, -0.25) is 13.9 Å². The molecule has 134 valence electrons. The number of benzene rings is 1.